The normalized spacial score (nSPS) is 39.6. The van der Waals surface area contributed by atoms with E-state index in [2.05, 4.69) is 0 Å². The van der Waals surface area contributed by atoms with Crippen LogP contribution in [0, 0.1) is 57.7 Å². The van der Waals surface area contributed by atoms with Gasteiger partial charge in [-0.1, -0.05) is 44.3 Å². The molecule has 0 radical (unpaired) electrons. The molecule has 26 heteroatoms. The van der Waals surface area contributed by atoms with Crippen molar-refractivity contribution in [1.29, 1.82) is 0 Å². The zero-order valence-electron chi connectivity index (χ0n) is 40.6. The van der Waals surface area contributed by atoms with Crippen molar-refractivity contribution in [2.75, 3.05) is 59.5 Å². The van der Waals surface area contributed by atoms with Gasteiger partial charge in [-0.15, -0.1) is 0 Å². The highest BCUT2D eigenvalue weighted by Crippen LogP contribution is 2.57. The molecule has 3 aliphatic heterocycles. The highest BCUT2D eigenvalue weighted by molar-refractivity contribution is 7.86. The number of allylic oxidation sites excluding steroid dienone is 1. The van der Waals surface area contributed by atoms with Gasteiger partial charge in [-0.2, -0.15) is 52.3 Å². The van der Waals surface area contributed by atoms with Crippen LogP contribution in [-0.2, 0) is 67.1 Å². The van der Waals surface area contributed by atoms with E-state index < -0.39 is 167 Å². The van der Waals surface area contributed by atoms with Crippen LogP contribution in [0.3, 0.4) is 0 Å². The zero-order chi connectivity index (χ0) is 53.5. The van der Waals surface area contributed by atoms with Crippen molar-refractivity contribution >= 4 is 28.0 Å². The van der Waals surface area contributed by atoms with Gasteiger partial charge in [0.15, 0.2) is 25.0 Å². The average Bonchev–Trinajstić information content (AvgIpc) is 3.50. The second-order valence-electron chi connectivity index (χ2n) is 23.0. The molecular formula is C48H62F10O15S. The monoisotopic (exact) mass is 1100 g/mol. The van der Waals surface area contributed by atoms with Crippen molar-refractivity contribution in [2.24, 2.45) is 57.7 Å². The lowest BCUT2D eigenvalue weighted by atomic mass is 9.58. The largest absolute Gasteiger partial charge is 0.465 e. The van der Waals surface area contributed by atoms with Gasteiger partial charge < -0.3 is 42.6 Å². The van der Waals surface area contributed by atoms with Gasteiger partial charge in [0.2, 0.25) is 0 Å². The van der Waals surface area contributed by atoms with Gasteiger partial charge in [0, 0.05) is 23.7 Å². The lowest BCUT2D eigenvalue weighted by Gasteiger charge is -2.50. The van der Waals surface area contributed by atoms with Gasteiger partial charge in [-0.25, -0.2) is 0 Å². The van der Waals surface area contributed by atoms with Gasteiger partial charge in [0.1, 0.15) is 39.6 Å². The summed E-state index contributed by atoms with van der Waals surface area (Å²) in [6.45, 7) is -8.27. The van der Waals surface area contributed by atoms with E-state index in [1.54, 1.807) is 13.0 Å². The molecule has 9 rings (SSSR count). The highest BCUT2D eigenvalue weighted by Gasteiger charge is 2.65. The predicted octanol–water partition coefficient (Wildman–Crippen LogP) is 8.28. The third kappa shape index (κ3) is 10.6. The summed E-state index contributed by atoms with van der Waals surface area (Å²) in [4.78, 5) is 42.1. The van der Waals surface area contributed by atoms with E-state index >= 15 is 0 Å². The summed E-state index contributed by atoms with van der Waals surface area (Å²) in [5.41, 5.74) is -3.23. The first-order chi connectivity index (χ1) is 34.4. The van der Waals surface area contributed by atoms with Crippen molar-refractivity contribution in [3.63, 3.8) is 0 Å². The summed E-state index contributed by atoms with van der Waals surface area (Å²) in [6, 6.07) is 0. The number of carbonyl (C=O) groups is 3. The highest BCUT2D eigenvalue weighted by atomic mass is 32.2. The molecule has 0 aromatic rings. The van der Waals surface area contributed by atoms with E-state index in [4.69, 9.17) is 47.2 Å². The first-order valence-corrected chi connectivity index (χ1v) is 26.7. The van der Waals surface area contributed by atoms with Crippen molar-refractivity contribution < 1.29 is 114 Å². The molecule has 3 saturated heterocycles. The maximum atomic E-state index is 14.5. The fourth-order valence-corrected chi connectivity index (χ4v) is 13.9. The molecule has 0 aromatic carbocycles. The Labute approximate surface area is 420 Å². The molecule has 6 bridgehead atoms. The Morgan fingerprint density at radius 3 is 1.65 bits per heavy atom. The minimum absolute atomic E-state index is 0.00318. The maximum Gasteiger partial charge on any atom is 0.402 e. The molecule has 8 fully saturated rings. The summed E-state index contributed by atoms with van der Waals surface area (Å²) in [5.74, 6) is -26.5. The second-order valence-corrected chi connectivity index (χ2v) is 24.6. The average molecular weight is 1100 g/mol. The molecule has 9 unspecified atom stereocenters. The molecule has 6 aliphatic carbocycles. The topological polar surface area (TPSA) is 189 Å². The van der Waals surface area contributed by atoms with Gasteiger partial charge >= 0.3 is 57.0 Å². The minimum atomic E-state index is -5.89. The van der Waals surface area contributed by atoms with Gasteiger partial charge in [-0.05, 0) is 82.5 Å². The van der Waals surface area contributed by atoms with E-state index in [0.29, 0.717) is 51.4 Å². The molecule has 15 nitrogen and oxygen atoms in total. The summed E-state index contributed by atoms with van der Waals surface area (Å²) in [6.07, 6.45) is 3.89. The van der Waals surface area contributed by atoms with Crippen molar-refractivity contribution in [3.05, 3.63) is 11.6 Å². The molecular weight excluding hydrogens is 1040 g/mol. The minimum Gasteiger partial charge on any atom is -0.465 e. The van der Waals surface area contributed by atoms with Crippen LogP contribution < -0.4 is 0 Å². The first-order valence-electron chi connectivity index (χ1n) is 25.2. The lowest BCUT2D eigenvalue weighted by Crippen LogP contribution is -2.54. The van der Waals surface area contributed by atoms with Crippen LogP contribution >= 0.6 is 0 Å². The third-order valence-corrected chi connectivity index (χ3v) is 18.4. The van der Waals surface area contributed by atoms with Gasteiger partial charge in [0.05, 0.1) is 35.4 Å². The fourth-order valence-electron chi connectivity index (χ4n) is 13.7. The predicted molar refractivity (Wildman–Crippen MR) is 230 cm³/mol. The molecule has 0 amide bonds. The number of rotatable bonds is 12. The van der Waals surface area contributed by atoms with E-state index in [0.717, 1.165) is 5.57 Å². The number of esters is 3. The third-order valence-electron chi connectivity index (χ3n) is 17.5. The molecule has 420 valence electrons. The van der Waals surface area contributed by atoms with Crippen LogP contribution in [0.4, 0.5) is 43.9 Å². The zero-order valence-corrected chi connectivity index (χ0v) is 41.4. The Morgan fingerprint density at radius 1 is 0.662 bits per heavy atom. The van der Waals surface area contributed by atoms with Crippen LogP contribution in [0.5, 0.6) is 0 Å². The van der Waals surface area contributed by atoms with Crippen LogP contribution in [0.15, 0.2) is 11.6 Å². The molecule has 5 saturated carbocycles. The lowest BCUT2D eigenvalue weighted by molar-refractivity contribution is -0.292. The van der Waals surface area contributed by atoms with Crippen LogP contribution in [0.1, 0.15) is 103 Å². The molecule has 0 aromatic heterocycles. The molecule has 74 heavy (non-hydrogen) atoms. The molecule has 9 aliphatic rings. The molecule has 3 heterocycles. The van der Waals surface area contributed by atoms with E-state index in [1.165, 1.54) is 0 Å². The Morgan fingerprint density at radius 2 is 1.14 bits per heavy atom. The summed E-state index contributed by atoms with van der Waals surface area (Å²) in [7, 11) is -5.89. The van der Waals surface area contributed by atoms with Crippen molar-refractivity contribution in [3.8, 4) is 0 Å². The summed E-state index contributed by atoms with van der Waals surface area (Å²) >= 11 is 0. The number of ether oxygens (including phenoxy) is 9. The smallest absolute Gasteiger partial charge is 0.402 e. The Balaban J connectivity index is 0.910. The number of halogens is 10. The van der Waals surface area contributed by atoms with Crippen LogP contribution in [0.2, 0.25) is 0 Å². The van der Waals surface area contributed by atoms with Crippen molar-refractivity contribution in [1.82, 2.24) is 0 Å². The number of hydrogen-bond acceptors (Lipinski definition) is 14. The van der Waals surface area contributed by atoms with Gasteiger partial charge in [0.25, 0.3) is 0 Å². The molecule has 1 N–H and O–H groups in total. The van der Waals surface area contributed by atoms with Crippen LogP contribution in [-0.4, -0.2) is 138 Å². The number of fused-ring (bicyclic) bond motifs is 7. The number of hydrogen-bond donors (Lipinski definition) is 1. The molecule has 9 atom stereocenters. The van der Waals surface area contributed by atoms with E-state index in [-0.39, 0.29) is 70.0 Å². The van der Waals surface area contributed by atoms with Crippen molar-refractivity contribution in [2.45, 2.75) is 151 Å². The summed E-state index contributed by atoms with van der Waals surface area (Å²) in [5, 5.41) is -4.75. The van der Waals surface area contributed by atoms with Crippen LogP contribution in [0.25, 0.3) is 0 Å². The van der Waals surface area contributed by atoms with Gasteiger partial charge in [-0.3, -0.25) is 18.9 Å². The fraction of sp³-hybridized carbons (Fsp3) is 0.896. The second kappa shape index (κ2) is 19.8. The molecule has 1 spiro atoms. The Kier molecular flexibility index (Phi) is 14.9. The standard InChI is InChI=1S/C48H62F10O15S/c1-27-8-30-11-31(13-34(12-30)48(27)72-24-45(53,54)46(55,56)25-73-48)35(59)65-18-40(21-70-38(60)41-6-2-4-29(14-41)10-33(17-41)37-68-22-43(49,50)44(51,52)23-69-37)19-66-36(67-20-40)32-9-28-5-3-7-42(15-28,16-32)39(61)71-26-47(57,58)74(62,63)64/h8,27-29,31-34,36-37H,2-7,9-26H2,1H3,(H,62,63,64). The number of carbonyl (C=O) groups excluding carboxylic acids is 3. The maximum absolute atomic E-state index is 14.5. The Hall–Kier alpha value is -2.88. The van der Waals surface area contributed by atoms with E-state index in [1.807, 2.05) is 0 Å². The number of alkyl halides is 10. The van der Waals surface area contributed by atoms with E-state index in [9.17, 15) is 66.7 Å². The first kappa shape index (κ1) is 55.9. The SMILES string of the molecule is CC1C=C2CC(C(=O)OCC3(COC(=O)C45CCCC(CC(C6OCC(F)(F)C(F)(F)CO6)C4)C5)COC(C4CC5CCCC(C(=O)OCC(F)(F)S(=O)(=O)O)(C5)C4)OC3)CC(C2)C12OCC(F)(F)C(F)(F)CO2. The Bertz CT molecular complexity index is 2240. The summed E-state index contributed by atoms with van der Waals surface area (Å²) < 4.78 is 226. The quantitative estimate of drug-likeness (QED) is 0.0646.